The number of carbonyl (C=O) groups is 4. The van der Waals surface area contributed by atoms with Gasteiger partial charge in [0.05, 0.1) is 130 Å². The first-order valence-electron chi connectivity index (χ1n) is 45.6. The standard InChI is InChI=1S/C98H146O18Si2/c1-69(81-37-39-83-79-35-33-71-65-73(99)41-45-95(71,9)85(79)43-47-97(81,83)11)91(103)115-89(87(101)67-111-59-57-107-51-49-105-53-55-109-61-63-113-117(93(3,4)5,75-25-17-13-18-26-75)76-27-19-14-20-28-76)90(116-92(104)70(2)82-38-40-84-80-36-34-72-66-74(100)42-46-96(72,10)86(80)44-48-98(82,84)12)88(102)68-112-60-58-108-52-50-106-54-56-110-62-64-114-118(94(6,7)8,77-29-21-15-22-30-77)78-31-23-16-24-32-78/h13-32,69-74,79-86,89-90,99-100H,33-68H2,1-12H3/t69-,70-,71-,72-,73-,74-,79-,80-,81+,82+,83-,84-,85-,86-,89+,90+,95-,96-,97+,98+/m0/s1. The van der Waals surface area contributed by atoms with Crippen LogP contribution < -0.4 is 20.7 Å². The van der Waals surface area contributed by atoms with E-state index in [9.17, 15) is 10.2 Å². The van der Waals surface area contributed by atoms with Crippen molar-refractivity contribution in [1.82, 2.24) is 0 Å². The van der Waals surface area contributed by atoms with Crippen molar-refractivity contribution in [1.29, 1.82) is 0 Å². The third-order valence-corrected chi connectivity index (χ3v) is 41.5. The highest BCUT2D eigenvalue weighted by molar-refractivity contribution is 7.00. The molecule has 654 valence electrons. The van der Waals surface area contributed by atoms with Crippen LogP contribution in [0, 0.1) is 92.7 Å². The Bertz CT molecular complexity index is 3460. The highest BCUT2D eigenvalue weighted by Gasteiger charge is 2.64. The summed E-state index contributed by atoms with van der Waals surface area (Å²) in [4.78, 5) is 61.3. The molecule has 0 aliphatic heterocycles. The van der Waals surface area contributed by atoms with E-state index in [0.717, 1.165) is 116 Å². The third kappa shape index (κ3) is 20.4. The molecule has 4 aromatic rings. The number of hydrogen-bond acceptors (Lipinski definition) is 18. The van der Waals surface area contributed by atoms with Gasteiger partial charge in [0.15, 0.2) is 0 Å². The number of aliphatic hydroxyl groups is 2. The van der Waals surface area contributed by atoms with Crippen LogP contribution in [0.25, 0.3) is 0 Å². The molecular weight excluding hydrogens is 1520 g/mol. The molecule has 8 fully saturated rings. The number of fused-ring (bicyclic) bond motifs is 10. The molecule has 0 bridgehead atoms. The SMILES string of the molecule is C[C@H](C(=O)O[C@H](C(=O)COCCOCCOCCOCCO[Si](c1ccccc1)(c1ccccc1)C(C)(C)C)[C@H](OC(=O)[C@@H](C)[C@H]1CC[C@H]2[C@@H]3CC[C@H]4C[C@@H](O)CC[C@]4(C)[C@H]3CC[C@]12C)C(=O)COCCOCCOCCOCCO[Si](c1ccccc1)(c1ccccc1)C(C)(C)C)[C@H]1CC[C@H]2[C@@H]3CC[C@H]4C[C@@H](O)CC[C@]4(C)[C@H]3CC[C@]12C. The van der Waals surface area contributed by atoms with Crippen molar-refractivity contribution in [3.63, 3.8) is 0 Å². The largest absolute Gasteiger partial charge is 0.449 e. The maximum atomic E-state index is 15.4. The fourth-order valence-corrected chi connectivity index (χ4v) is 34.5. The van der Waals surface area contributed by atoms with Crippen LogP contribution >= 0.6 is 0 Å². The summed E-state index contributed by atoms with van der Waals surface area (Å²) in [6.07, 6.45) is 13.7. The third-order valence-electron chi connectivity index (χ3n) is 31.4. The number of rotatable bonds is 43. The monoisotopic (exact) mass is 1670 g/mol. The Labute approximate surface area is 708 Å². The lowest BCUT2D eigenvalue weighted by atomic mass is 9.44. The number of ketones is 2. The highest BCUT2D eigenvalue weighted by Crippen LogP contribution is 2.70. The lowest BCUT2D eigenvalue weighted by molar-refractivity contribution is -0.185. The van der Waals surface area contributed by atoms with Gasteiger partial charge in [-0.2, -0.15) is 0 Å². The van der Waals surface area contributed by atoms with Crippen molar-refractivity contribution in [3.05, 3.63) is 121 Å². The number of carbonyl (C=O) groups excluding carboxylic acids is 4. The van der Waals surface area contributed by atoms with Crippen LogP contribution in [-0.2, 0) is 75.4 Å². The van der Waals surface area contributed by atoms with E-state index < -0.39 is 77.4 Å². The fraction of sp³-hybridized carbons (Fsp3) is 0.714. The number of benzene rings is 4. The Morgan fingerprint density at radius 1 is 0.356 bits per heavy atom. The Morgan fingerprint density at radius 3 is 0.924 bits per heavy atom. The van der Waals surface area contributed by atoms with E-state index in [-0.39, 0.29) is 95.4 Å². The van der Waals surface area contributed by atoms with Crippen LogP contribution in [0.4, 0.5) is 0 Å². The Balaban J connectivity index is 0.674. The number of aliphatic hydroxyl groups excluding tert-OH is 2. The zero-order chi connectivity index (χ0) is 83.9. The van der Waals surface area contributed by atoms with E-state index in [1.807, 2.05) is 38.1 Å². The molecule has 18 nitrogen and oxygen atoms in total. The summed E-state index contributed by atoms with van der Waals surface area (Å²) in [5.74, 6) is 0.0345. The molecule has 4 aromatic carbocycles. The second kappa shape index (κ2) is 41.3. The van der Waals surface area contributed by atoms with Crippen LogP contribution in [-0.4, -0.2) is 194 Å². The van der Waals surface area contributed by atoms with Crippen LogP contribution in [0.15, 0.2) is 121 Å². The molecule has 12 rings (SSSR count). The van der Waals surface area contributed by atoms with Crippen molar-refractivity contribution in [3.8, 4) is 0 Å². The molecule has 8 aliphatic rings. The van der Waals surface area contributed by atoms with E-state index in [1.54, 1.807) is 0 Å². The zero-order valence-electron chi connectivity index (χ0n) is 73.7. The van der Waals surface area contributed by atoms with E-state index in [4.69, 9.17) is 56.2 Å². The van der Waals surface area contributed by atoms with E-state index in [0.29, 0.717) is 113 Å². The van der Waals surface area contributed by atoms with Gasteiger partial charge in [-0.15, -0.1) is 0 Å². The van der Waals surface area contributed by atoms with Gasteiger partial charge in [-0.1, -0.05) is 204 Å². The summed E-state index contributed by atoms with van der Waals surface area (Å²) in [6, 6.07) is 42.2. The summed E-state index contributed by atoms with van der Waals surface area (Å²) in [5, 5.41) is 26.2. The minimum absolute atomic E-state index is 0.00408. The Morgan fingerprint density at radius 2 is 0.627 bits per heavy atom. The second-order valence-corrected chi connectivity index (χ2v) is 48.3. The summed E-state index contributed by atoms with van der Waals surface area (Å²) < 4.78 is 75.0. The number of ether oxygens (including phenoxy) is 10. The minimum atomic E-state index is -2.70. The first kappa shape index (κ1) is 92.3. The first-order chi connectivity index (χ1) is 56.6. The molecule has 0 aromatic heterocycles. The average Bonchev–Trinajstić information content (AvgIpc) is 1.48. The predicted molar refractivity (Wildman–Crippen MR) is 464 cm³/mol. The molecule has 20 atom stereocenters. The lowest BCUT2D eigenvalue weighted by Crippen LogP contribution is -2.66. The molecule has 0 radical (unpaired) electrons. The molecule has 8 saturated carbocycles. The molecule has 118 heavy (non-hydrogen) atoms. The van der Waals surface area contributed by atoms with Crippen molar-refractivity contribution in [2.45, 2.75) is 233 Å². The van der Waals surface area contributed by atoms with Gasteiger partial charge in [-0.25, -0.2) is 0 Å². The number of esters is 2. The summed E-state index contributed by atoms with van der Waals surface area (Å²) >= 11 is 0. The molecule has 8 aliphatic carbocycles. The molecule has 2 N–H and O–H groups in total. The van der Waals surface area contributed by atoms with Crippen molar-refractivity contribution >= 4 is 60.9 Å². The maximum absolute atomic E-state index is 15.4. The van der Waals surface area contributed by atoms with Crippen LogP contribution in [0.1, 0.15) is 199 Å². The van der Waals surface area contributed by atoms with Gasteiger partial charge in [-0.05, 0) is 227 Å². The van der Waals surface area contributed by atoms with Gasteiger partial charge in [0, 0.05) is 0 Å². The van der Waals surface area contributed by atoms with Gasteiger partial charge in [0.2, 0.25) is 23.8 Å². The normalized spacial score (nSPS) is 30.6. The van der Waals surface area contributed by atoms with E-state index in [2.05, 4.69) is 166 Å². The van der Waals surface area contributed by atoms with Crippen molar-refractivity contribution in [2.24, 2.45) is 92.7 Å². The topological polar surface area (TPSA) is 219 Å². The Hall–Kier alpha value is -4.89. The summed E-state index contributed by atoms with van der Waals surface area (Å²) in [5.41, 5.74) is 0.0464. The fourth-order valence-electron chi connectivity index (χ4n) is 25.4. The van der Waals surface area contributed by atoms with Crippen molar-refractivity contribution < 1.29 is 85.6 Å². The average molecular weight is 1670 g/mol. The molecule has 0 unspecified atom stereocenters. The van der Waals surface area contributed by atoms with Crippen LogP contribution in [0.3, 0.4) is 0 Å². The predicted octanol–water partition coefficient (Wildman–Crippen LogP) is 14.5. The number of hydrogen-bond donors (Lipinski definition) is 2. The van der Waals surface area contributed by atoms with Gasteiger partial charge >= 0.3 is 11.9 Å². The quantitative estimate of drug-likeness (QED) is 0.0239. The zero-order valence-corrected chi connectivity index (χ0v) is 75.7. The van der Waals surface area contributed by atoms with Crippen molar-refractivity contribution in [2.75, 3.05) is 119 Å². The van der Waals surface area contributed by atoms with Gasteiger partial charge in [-0.3, -0.25) is 19.2 Å². The van der Waals surface area contributed by atoms with Gasteiger partial charge < -0.3 is 66.4 Å². The Kier molecular flexibility index (Phi) is 32.3. The maximum Gasteiger partial charge on any atom is 0.309 e. The molecular formula is C98H146O18Si2. The van der Waals surface area contributed by atoms with E-state index in [1.165, 1.54) is 20.7 Å². The molecule has 0 heterocycles. The van der Waals surface area contributed by atoms with Gasteiger partial charge in [0.25, 0.3) is 16.6 Å². The van der Waals surface area contributed by atoms with Gasteiger partial charge in [0.1, 0.15) is 13.2 Å². The van der Waals surface area contributed by atoms with Crippen LogP contribution in [0.2, 0.25) is 10.1 Å². The van der Waals surface area contributed by atoms with E-state index >= 15 is 19.2 Å². The number of Topliss-reactive ketones (excluding diaryl/α,β-unsaturated/α-hetero) is 2. The second-order valence-electron chi connectivity index (χ2n) is 39.7. The minimum Gasteiger partial charge on any atom is -0.449 e. The highest BCUT2D eigenvalue weighted by atomic mass is 28.4. The summed E-state index contributed by atoms with van der Waals surface area (Å²) in [7, 11) is -5.39. The molecule has 0 spiro atoms. The lowest BCUT2D eigenvalue weighted by Gasteiger charge is -2.61. The molecule has 0 saturated heterocycles. The molecule has 0 amide bonds. The molecule has 20 heteroatoms. The van der Waals surface area contributed by atoms with Crippen LogP contribution in [0.5, 0.6) is 0 Å². The first-order valence-corrected chi connectivity index (χ1v) is 49.4. The smallest absolute Gasteiger partial charge is 0.309 e. The summed E-state index contributed by atoms with van der Waals surface area (Å²) in [6.45, 7) is 30.5.